The van der Waals surface area contributed by atoms with Crippen molar-refractivity contribution >= 4 is 66.0 Å². The molecule has 1 aliphatic rings. The van der Waals surface area contributed by atoms with Crippen LogP contribution >= 0.6 is 12.6 Å². The third-order valence-electron chi connectivity index (χ3n) is 7.74. The van der Waals surface area contributed by atoms with Crippen LogP contribution in [0.2, 0.25) is 0 Å². The van der Waals surface area contributed by atoms with Crippen LogP contribution < -0.4 is 26.6 Å². The minimum absolute atomic E-state index is 0.165. The van der Waals surface area contributed by atoms with Crippen LogP contribution in [0.15, 0.2) is 0 Å². The van der Waals surface area contributed by atoms with Crippen molar-refractivity contribution in [2.45, 2.75) is 103 Å². The number of hydrogen-bond acceptors (Lipinski definition) is 10. The van der Waals surface area contributed by atoms with E-state index in [9.17, 15) is 53.4 Å². The highest BCUT2D eigenvalue weighted by molar-refractivity contribution is 7.80. The molecule has 18 nitrogen and oxygen atoms in total. The molecule has 1 rings (SSSR count). The Labute approximate surface area is 282 Å². The first-order valence-electron chi connectivity index (χ1n) is 15.4. The lowest BCUT2D eigenvalue weighted by Crippen LogP contribution is -2.61. The maximum Gasteiger partial charge on any atom is 0.327 e. The van der Waals surface area contributed by atoms with Gasteiger partial charge in [0.15, 0.2) is 0 Å². The van der Waals surface area contributed by atoms with E-state index in [0.29, 0.717) is 12.8 Å². The lowest BCUT2D eigenvalue weighted by atomic mass is 9.95. The minimum Gasteiger partial charge on any atom is -0.481 e. The molecule has 1 heterocycles. The van der Waals surface area contributed by atoms with Gasteiger partial charge in [0.25, 0.3) is 0 Å². The van der Waals surface area contributed by atoms with E-state index >= 15 is 0 Å². The molecule has 7 atom stereocenters. The number of carboxylic acids is 3. The molecule has 0 bridgehead atoms. The minimum atomic E-state index is -1.78. The number of carbonyl (C=O) groups is 9. The van der Waals surface area contributed by atoms with Crippen molar-refractivity contribution in [3.8, 4) is 0 Å². The summed E-state index contributed by atoms with van der Waals surface area (Å²) in [4.78, 5) is 113. The quantitative estimate of drug-likeness (QED) is 0.0667. The predicted octanol–water partition coefficient (Wildman–Crippen LogP) is -1.91. The monoisotopic (exact) mass is 702 g/mol. The van der Waals surface area contributed by atoms with E-state index in [0.717, 1.165) is 6.92 Å². The highest BCUT2D eigenvalue weighted by Crippen LogP contribution is 2.21. The summed E-state index contributed by atoms with van der Waals surface area (Å²) in [5.74, 6) is -10.6. The van der Waals surface area contributed by atoms with Gasteiger partial charge in [0, 0.05) is 19.2 Å². The van der Waals surface area contributed by atoms with E-state index in [1.165, 1.54) is 4.90 Å². The summed E-state index contributed by atoms with van der Waals surface area (Å²) in [7, 11) is 0. The second-order valence-corrected chi connectivity index (χ2v) is 12.2. The van der Waals surface area contributed by atoms with Gasteiger partial charge in [-0.1, -0.05) is 34.1 Å². The van der Waals surface area contributed by atoms with Gasteiger partial charge < -0.3 is 46.8 Å². The molecule has 0 aromatic rings. The lowest BCUT2D eigenvalue weighted by molar-refractivity contribution is -0.145. The Morgan fingerprint density at radius 3 is 1.73 bits per heavy atom. The van der Waals surface area contributed by atoms with E-state index in [-0.39, 0.29) is 18.7 Å². The van der Waals surface area contributed by atoms with Crippen LogP contribution in [-0.2, 0) is 43.2 Å². The molecule has 0 radical (unpaired) electrons. The Hall–Kier alpha value is -4.42. The molecule has 0 aliphatic carbocycles. The van der Waals surface area contributed by atoms with Crippen LogP contribution in [0.4, 0.5) is 0 Å². The smallest absolute Gasteiger partial charge is 0.327 e. The number of amides is 6. The van der Waals surface area contributed by atoms with E-state index in [4.69, 9.17) is 5.11 Å². The van der Waals surface area contributed by atoms with Crippen molar-refractivity contribution < 1.29 is 58.5 Å². The Kier molecular flexibility index (Phi) is 16.8. The Balaban J connectivity index is 3.23. The molecule has 1 saturated heterocycles. The topological polar surface area (TPSA) is 278 Å². The molecule has 0 spiro atoms. The zero-order valence-corrected chi connectivity index (χ0v) is 28.4. The normalized spacial score (nSPS) is 17.9. The van der Waals surface area contributed by atoms with E-state index < -0.39 is 114 Å². The molecular formula is C29H46N6O12S. The fraction of sp³-hybridized carbons (Fsp3) is 0.690. The van der Waals surface area contributed by atoms with Gasteiger partial charge >= 0.3 is 17.9 Å². The van der Waals surface area contributed by atoms with Crippen molar-refractivity contribution in [2.75, 3.05) is 12.3 Å². The predicted molar refractivity (Wildman–Crippen MR) is 170 cm³/mol. The number of aliphatic carboxylic acids is 3. The molecule has 270 valence electrons. The number of hydrogen-bond donors (Lipinski definition) is 9. The van der Waals surface area contributed by atoms with Crippen LogP contribution in [0.5, 0.6) is 0 Å². The lowest BCUT2D eigenvalue weighted by Gasteiger charge is -2.33. The second kappa shape index (κ2) is 19.4. The fourth-order valence-electron chi connectivity index (χ4n) is 4.93. The Morgan fingerprint density at radius 2 is 1.27 bits per heavy atom. The third-order valence-corrected chi connectivity index (χ3v) is 8.11. The van der Waals surface area contributed by atoms with Crippen molar-refractivity contribution in [1.29, 1.82) is 0 Å². The van der Waals surface area contributed by atoms with E-state index in [1.54, 1.807) is 27.7 Å². The van der Waals surface area contributed by atoms with Crippen molar-refractivity contribution in [1.82, 2.24) is 31.5 Å². The summed E-state index contributed by atoms with van der Waals surface area (Å²) in [6.07, 6.45) is -0.772. The maximum absolute atomic E-state index is 13.7. The zero-order valence-electron chi connectivity index (χ0n) is 27.5. The van der Waals surface area contributed by atoms with Gasteiger partial charge in [-0.2, -0.15) is 12.6 Å². The van der Waals surface area contributed by atoms with Crippen LogP contribution in [0.3, 0.4) is 0 Å². The van der Waals surface area contributed by atoms with Gasteiger partial charge in [-0.3, -0.25) is 38.4 Å². The first kappa shape index (κ1) is 41.6. The summed E-state index contributed by atoms with van der Waals surface area (Å²) < 4.78 is 0. The van der Waals surface area contributed by atoms with Gasteiger partial charge in [-0.05, 0) is 24.7 Å². The number of rotatable bonds is 19. The van der Waals surface area contributed by atoms with Crippen LogP contribution in [-0.4, -0.2) is 122 Å². The summed E-state index contributed by atoms with van der Waals surface area (Å²) in [6.45, 7) is 7.82. The third kappa shape index (κ3) is 12.6. The number of thiol groups is 1. The molecule has 0 saturated carbocycles. The van der Waals surface area contributed by atoms with Crippen LogP contribution in [0, 0.1) is 11.8 Å². The highest BCUT2D eigenvalue weighted by atomic mass is 32.1. The maximum atomic E-state index is 13.7. The highest BCUT2D eigenvalue weighted by Gasteiger charge is 2.41. The molecule has 8 N–H and O–H groups in total. The number of nitrogens with zero attached hydrogens (tertiary/aromatic N) is 1. The molecule has 48 heavy (non-hydrogen) atoms. The van der Waals surface area contributed by atoms with E-state index in [2.05, 4.69) is 39.2 Å². The first-order valence-corrected chi connectivity index (χ1v) is 16.0. The van der Waals surface area contributed by atoms with Gasteiger partial charge in [0.2, 0.25) is 35.4 Å². The molecular weight excluding hydrogens is 656 g/mol. The summed E-state index contributed by atoms with van der Waals surface area (Å²) in [5.41, 5.74) is 0. The number of carbonyl (C=O) groups excluding carboxylic acids is 6. The molecule has 0 aromatic carbocycles. The number of carboxylic acid groups (broad SMARTS) is 3. The van der Waals surface area contributed by atoms with Crippen molar-refractivity contribution in [2.24, 2.45) is 11.8 Å². The average molecular weight is 703 g/mol. The Bertz CT molecular complexity index is 1230. The fourth-order valence-corrected chi connectivity index (χ4v) is 5.18. The summed E-state index contributed by atoms with van der Waals surface area (Å²) >= 11 is 3.94. The molecule has 1 fully saturated rings. The van der Waals surface area contributed by atoms with Crippen molar-refractivity contribution in [3.05, 3.63) is 0 Å². The molecule has 1 aliphatic heterocycles. The number of likely N-dealkylation sites (tertiary alicyclic amines) is 1. The standard InChI is InChI=1S/C29H46N6O12S/c1-6-14(4)23(34-25(42)17(11-21(39)40)31-24(41)16(10-20(37)38)30-15(5)36)27(44)33-22(13(2)3)28(45)35-9-7-8-19(35)26(43)32-18(12-48)29(46)47/h13-14,16-19,22-23,48H,6-12H2,1-5H3,(H,30,36)(H,31,41)(H,32,43)(H,33,44)(H,34,42)(H,37,38)(H,39,40)(H,46,47)/t14?,16-,17?,18?,19?,22?,23?/m1/s1. The van der Waals surface area contributed by atoms with Crippen LogP contribution in [0.25, 0.3) is 0 Å². The van der Waals surface area contributed by atoms with E-state index in [1.807, 2.05) is 0 Å². The zero-order chi connectivity index (χ0) is 36.9. The van der Waals surface area contributed by atoms with Gasteiger partial charge in [-0.15, -0.1) is 0 Å². The summed E-state index contributed by atoms with van der Waals surface area (Å²) in [5, 5.41) is 39.5. The van der Waals surface area contributed by atoms with Gasteiger partial charge in [-0.25, -0.2) is 4.79 Å². The Morgan fingerprint density at radius 1 is 0.750 bits per heavy atom. The average Bonchev–Trinajstić information content (AvgIpc) is 3.48. The van der Waals surface area contributed by atoms with Crippen molar-refractivity contribution in [3.63, 3.8) is 0 Å². The van der Waals surface area contributed by atoms with Gasteiger partial charge in [0.05, 0.1) is 12.8 Å². The molecule has 0 aromatic heterocycles. The van der Waals surface area contributed by atoms with Crippen LogP contribution in [0.1, 0.15) is 66.7 Å². The number of nitrogens with one attached hydrogen (secondary N) is 5. The summed E-state index contributed by atoms with van der Waals surface area (Å²) in [6, 6.07) is -8.19. The molecule has 19 heteroatoms. The van der Waals surface area contributed by atoms with Gasteiger partial charge in [0.1, 0.15) is 36.3 Å². The second-order valence-electron chi connectivity index (χ2n) is 11.9. The molecule has 6 unspecified atom stereocenters. The largest absolute Gasteiger partial charge is 0.481 e. The SMILES string of the molecule is CCC(C)C(NC(=O)C(CC(=O)O)NC(=O)[C@@H](CC(=O)O)NC(C)=O)C(=O)NC(C(=O)N1CCCC1C(=O)NC(CS)C(=O)O)C(C)C. The first-order chi connectivity index (χ1) is 22.3. The molecule has 6 amide bonds.